The summed E-state index contributed by atoms with van der Waals surface area (Å²) in [5, 5.41) is 0. The smallest absolute Gasteiger partial charge is 0.225 e. The van der Waals surface area contributed by atoms with Crippen LogP contribution in [0, 0.1) is 13.8 Å². The van der Waals surface area contributed by atoms with E-state index in [1.54, 1.807) is 0 Å². The zero-order valence-electron chi connectivity index (χ0n) is 7.72. The van der Waals surface area contributed by atoms with E-state index in [-0.39, 0.29) is 0 Å². The molecule has 0 saturated heterocycles. The molecule has 0 bridgehead atoms. The molecule has 0 heterocycles. The van der Waals surface area contributed by atoms with E-state index in [4.69, 9.17) is 5.73 Å². The number of nitrogens with two attached hydrogens (primary N) is 1. The average molecular weight is 179 g/mol. The van der Waals surface area contributed by atoms with Crippen LogP contribution in [0.3, 0.4) is 0 Å². The van der Waals surface area contributed by atoms with Gasteiger partial charge in [-0.1, -0.05) is 6.07 Å². The number of hydrogen-bond acceptors (Lipinski definition) is 3. The van der Waals surface area contributed by atoms with Gasteiger partial charge in [-0.25, -0.2) is 0 Å². The molecular weight excluding hydrogens is 166 g/mol. The molecule has 1 aromatic rings. The Morgan fingerprint density at radius 1 is 1.38 bits per heavy atom. The van der Waals surface area contributed by atoms with E-state index in [0.717, 1.165) is 22.5 Å². The lowest BCUT2D eigenvalue weighted by Crippen LogP contribution is -2.20. The molecule has 4 nitrogen and oxygen atoms in total. The Morgan fingerprint density at radius 3 is 2.69 bits per heavy atom. The summed E-state index contributed by atoms with van der Waals surface area (Å²) in [4.78, 5) is 10.0. The van der Waals surface area contributed by atoms with E-state index in [1.807, 2.05) is 26.0 Å². The van der Waals surface area contributed by atoms with Crippen molar-refractivity contribution in [1.29, 1.82) is 0 Å². The second-order valence-electron chi connectivity index (χ2n) is 2.86. The van der Waals surface area contributed by atoms with E-state index in [0.29, 0.717) is 6.41 Å². The standard InChI is InChI=1S/C9H13N3O/c1-6-3-4-8(12-11-5-13)7(2)9(6)10/h3-5,12H,10H2,1-2H3,(H,11,13). The highest BCUT2D eigenvalue weighted by Crippen LogP contribution is 2.23. The normalized spacial score (nSPS) is 9.38. The van der Waals surface area contributed by atoms with E-state index in [9.17, 15) is 4.79 Å². The fourth-order valence-electron chi connectivity index (χ4n) is 1.11. The molecule has 0 aromatic heterocycles. The molecule has 0 aliphatic heterocycles. The van der Waals surface area contributed by atoms with Crippen LogP contribution in [-0.4, -0.2) is 6.41 Å². The van der Waals surface area contributed by atoms with Crippen LogP contribution >= 0.6 is 0 Å². The van der Waals surface area contributed by atoms with Gasteiger partial charge >= 0.3 is 0 Å². The van der Waals surface area contributed by atoms with E-state index in [1.165, 1.54) is 0 Å². The van der Waals surface area contributed by atoms with Crippen LogP contribution in [0.4, 0.5) is 11.4 Å². The van der Waals surface area contributed by atoms with Crippen molar-refractivity contribution in [2.24, 2.45) is 0 Å². The Kier molecular flexibility index (Phi) is 2.74. The molecule has 1 amide bonds. The van der Waals surface area contributed by atoms with Gasteiger partial charge in [-0.3, -0.25) is 15.6 Å². The molecule has 0 atom stereocenters. The van der Waals surface area contributed by atoms with Crippen molar-refractivity contribution < 1.29 is 4.79 Å². The molecule has 0 fully saturated rings. The highest BCUT2D eigenvalue weighted by molar-refractivity contribution is 5.67. The van der Waals surface area contributed by atoms with Crippen LogP contribution in [0.5, 0.6) is 0 Å². The van der Waals surface area contributed by atoms with Gasteiger partial charge in [0.05, 0.1) is 5.69 Å². The molecule has 4 heteroatoms. The maximum absolute atomic E-state index is 10.0. The summed E-state index contributed by atoms with van der Waals surface area (Å²) in [5.41, 5.74) is 14.4. The zero-order chi connectivity index (χ0) is 9.84. The molecule has 70 valence electrons. The van der Waals surface area contributed by atoms with E-state index in [2.05, 4.69) is 10.9 Å². The van der Waals surface area contributed by atoms with Crippen LogP contribution in [0.1, 0.15) is 11.1 Å². The number of benzene rings is 1. The number of nitrogens with one attached hydrogen (secondary N) is 2. The quantitative estimate of drug-likeness (QED) is 0.368. The number of nitrogen functional groups attached to an aromatic ring is 1. The minimum atomic E-state index is 0.579. The third kappa shape index (κ3) is 1.90. The Morgan fingerprint density at radius 2 is 2.08 bits per heavy atom. The van der Waals surface area contributed by atoms with Crippen molar-refractivity contribution in [2.75, 3.05) is 11.2 Å². The molecule has 0 aliphatic rings. The number of amides is 1. The molecule has 0 saturated carbocycles. The first-order valence-electron chi connectivity index (χ1n) is 3.97. The number of hydrogen-bond donors (Lipinski definition) is 3. The van der Waals surface area contributed by atoms with Crippen LogP contribution < -0.4 is 16.6 Å². The number of rotatable bonds is 3. The SMILES string of the molecule is Cc1ccc(NNC=O)c(C)c1N. The van der Waals surface area contributed by atoms with Crippen LogP contribution in [0.2, 0.25) is 0 Å². The molecule has 0 spiro atoms. The number of carbonyl (C=O) groups excluding carboxylic acids is 1. The highest BCUT2D eigenvalue weighted by atomic mass is 16.1. The maximum atomic E-state index is 10.0. The molecule has 4 N–H and O–H groups in total. The zero-order valence-corrected chi connectivity index (χ0v) is 7.72. The van der Waals surface area contributed by atoms with Crippen molar-refractivity contribution in [3.05, 3.63) is 23.3 Å². The Balaban J connectivity index is 2.96. The van der Waals surface area contributed by atoms with E-state index < -0.39 is 0 Å². The van der Waals surface area contributed by atoms with E-state index >= 15 is 0 Å². The number of carbonyl (C=O) groups is 1. The summed E-state index contributed by atoms with van der Waals surface area (Å²) in [6.07, 6.45) is 0.579. The fourth-order valence-corrected chi connectivity index (χ4v) is 1.11. The molecular formula is C9H13N3O. The lowest BCUT2D eigenvalue weighted by atomic mass is 10.1. The topological polar surface area (TPSA) is 67.1 Å². The number of hydrazine groups is 1. The van der Waals surface area contributed by atoms with Crippen LogP contribution in [0.25, 0.3) is 0 Å². The Labute approximate surface area is 77.1 Å². The first kappa shape index (κ1) is 9.38. The van der Waals surface area contributed by atoms with Crippen molar-refractivity contribution in [3.63, 3.8) is 0 Å². The monoisotopic (exact) mass is 179 g/mol. The van der Waals surface area contributed by atoms with Gasteiger partial charge < -0.3 is 5.73 Å². The first-order chi connectivity index (χ1) is 6.16. The maximum Gasteiger partial charge on any atom is 0.225 e. The van der Waals surface area contributed by atoms with Gasteiger partial charge in [0.25, 0.3) is 0 Å². The highest BCUT2D eigenvalue weighted by Gasteiger charge is 2.02. The molecule has 1 rings (SSSR count). The fraction of sp³-hybridized carbons (Fsp3) is 0.222. The summed E-state index contributed by atoms with van der Waals surface area (Å²) >= 11 is 0. The van der Waals surface area contributed by atoms with Gasteiger partial charge in [-0.2, -0.15) is 0 Å². The summed E-state index contributed by atoms with van der Waals surface area (Å²) in [7, 11) is 0. The number of aryl methyl sites for hydroxylation is 1. The predicted octanol–water partition coefficient (Wildman–Crippen LogP) is 0.959. The van der Waals surface area contributed by atoms with Crippen LogP contribution in [0.15, 0.2) is 12.1 Å². The van der Waals surface area contributed by atoms with Gasteiger partial charge in [-0.05, 0) is 31.0 Å². The minimum Gasteiger partial charge on any atom is -0.398 e. The molecule has 0 radical (unpaired) electrons. The third-order valence-electron chi connectivity index (χ3n) is 2.00. The molecule has 13 heavy (non-hydrogen) atoms. The minimum absolute atomic E-state index is 0.579. The second kappa shape index (κ2) is 3.80. The summed E-state index contributed by atoms with van der Waals surface area (Å²) < 4.78 is 0. The largest absolute Gasteiger partial charge is 0.398 e. The molecule has 0 unspecified atom stereocenters. The van der Waals surface area contributed by atoms with Crippen molar-refractivity contribution in [3.8, 4) is 0 Å². The van der Waals surface area contributed by atoms with Gasteiger partial charge in [-0.15, -0.1) is 0 Å². The lowest BCUT2D eigenvalue weighted by molar-refractivity contribution is -0.109. The third-order valence-corrected chi connectivity index (χ3v) is 2.00. The summed E-state index contributed by atoms with van der Waals surface area (Å²) in [6.45, 7) is 3.84. The Hall–Kier alpha value is -1.71. The second-order valence-corrected chi connectivity index (χ2v) is 2.86. The van der Waals surface area contributed by atoms with Gasteiger partial charge in [0, 0.05) is 5.69 Å². The average Bonchev–Trinajstić information content (AvgIpc) is 2.13. The van der Waals surface area contributed by atoms with Crippen LogP contribution in [-0.2, 0) is 4.79 Å². The lowest BCUT2D eigenvalue weighted by Gasteiger charge is -2.11. The molecule has 0 aliphatic carbocycles. The van der Waals surface area contributed by atoms with Crippen molar-refractivity contribution in [2.45, 2.75) is 13.8 Å². The molecule has 1 aromatic carbocycles. The van der Waals surface area contributed by atoms with Crippen molar-refractivity contribution in [1.82, 2.24) is 5.43 Å². The predicted molar refractivity (Wildman–Crippen MR) is 53.2 cm³/mol. The van der Waals surface area contributed by atoms with Gasteiger partial charge in [0.1, 0.15) is 0 Å². The Bertz CT molecular complexity index is 323. The summed E-state index contributed by atoms with van der Waals surface area (Å²) in [6, 6.07) is 3.77. The summed E-state index contributed by atoms with van der Waals surface area (Å²) in [5.74, 6) is 0. The number of anilines is 2. The van der Waals surface area contributed by atoms with Gasteiger partial charge in [0.15, 0.2) is 0 Å². The van der Waals surface area contributed by atoms with Gasteiger partial charge in [0.2, 0.25) is 6.41 Å². The van der Waals surface area contributed by atoms with Crippen molar-refractivity contribution >= 4 is 17.8 Å². The first-order valence-corrected chi connectivity index (χ1v) is 3.97.